The molecule has 1 aliphatic heterocycles. The van der Waals surface area contributed by atoms with Gasteiger partial charge in [-0.25, -0.2) is 24.3 Å². The lowest BCUT2D eigenvalue weighted by molar-refractivity contribution is 0.271. The van der Waals surface area contributed by atoms with Gasteiger partial charge in [-0.3, -0.25) is 4.98 Å². The van der Waals surface area contributed by atoms with Crippen molar-refractivity contribution in [2.24, 2.45) is 17.8 Å². The summed E-state index contributed by atoms with van der Waals surface area (Å²) in [5.74, 6) is 2.62. The monoisotopic (exact) mass is 392 g/mol. The van der Waals surface area contributed by atoms with Crippen molar-refractivity contribution in [1.82, 2.24) is 24.9 Å². The van der Waals surface area contributed by atoms with E-state index in [4.69, 9.17) is 4.74 Å². The Bertz CT molecular complexity index is 985. The maximum Gasteiger partial charge on any atom is 0.232 e. The molecule has 8 heteroatoms. The number of piperidine rings is 1. The van der Waals surface area contributed by atoms with Gasteiger partial charge in [-0.15, -0.1) is 0 Å². The van der Waals surface area contributed by atoms with Crippen LogP contribution in [0.2, 0.25) is 0 Å². The average Bonchev–Trinajstić information content (AvgIpc) is 3.22. The van der Waals surface area contributed by atoms with Crippen LogP contribution in [0.1, 0.15) is 12.5 Å². The van der Waals surface area contributed by atoms with Gasteiger partial charge in [0.1, 0.15) is 0 Å². The summed E-state index contributed by atoms with van der Waals surface area (Å²) in [6.45, 7) is 4.66. The Hall–Kier alpha value is -3.16. The lowest BCUT2D eigenvalue weighted by Crippen LogP contribution is -2.27. The summed E-state index contributed by atoms with van der Waals surface area (Å²) in [7, 11) is 0. The molecule has 5 rings (SSSR count). The summed E-state index contributed by atoms with van der Waals surface area (Å²) in [6, 6.07) is 1.58. The van der Waals surface area contributed by atoms with E-state index in [0.717, 1.165) is 31.0 Å². The third-order valence-corrected chi connectivity index (χ3v) is 5.85. The van der Waals surface area contributed by atoms with Crippen molar-refractivity contribution >= 4 is 5.95 Å². The quantitative estimate of drug-likeness (QED) is 0.638. The highest BCUT2D eigenvalue weighted by molar-refractivity contribution is 5.57. The van der Waals surface area contributed by atoms with Gasteiger partial charge in [0.15, 0.2) is 5.82 Å². The Morgan fingerprint density at radius 3 is 2.48 bits per heavy atom. The van der Waals surface area contributed by atoms with Crippen LogP contribution in [0.25, 0.3) is 11.3 Å². The fourth-order valence-electron chi connectivity index (χ4n) is 4.05. The van der Waals surface area contributed by atoms with Crippen molar-refractivity contribution in [1.29, 1.82) is 0 Å². The number of halogens is 1. The van der Waals surface area contributed by atoms with Crippen LogP contribution >= 0.6 is 0 Å². The average molecular weight is 392 g/mol. The molecule has 2 unspecified atom stereocenters. The van der Waals surface area contributed by atoms with Crippen molar-refractivity contribution in [2.75, 3.05) is 24.6 Å². The summed E-state index contributed by atoms with van der Waals surface area (Å²) < 4.78 is 19.6. The van der Waals surface area contributed by atoms with E-state index in [0.29, 0.717) is 41.5 Å². The highest BCUT2D eigenvalue weighted by Crippen LogP contribution is 2.52. The van der Waals surface area contributed by atoms with Gasteiger partial charge in [-0.2, -0.15) is 0 Å². The van der Waals surface area contributed by atoms with E-state index in [2.05, 4.69) is 36.7 Å². The van der Waals surface area contributed by atoms with Crippen molar-refractivity contribution in [3.05, 3.63) is 54.6 Å². The molecule has 148 valence electrons. The Balaban J connectivity index is 1.14. The smallest absolute Gasteiger partial charge is 0.232 e. The second kappa shape index (κ2) is 7.35. The largest absolute Gasteiger partial charge is 0.476 e. The zero-order valence-corrected chi connectivity index (χ0v) is 16.1. The number of ether oxygens (including phenoxy) is 1. The molecular formula is C21H21FN6O. The molecule has 29 heavy (non-hydrogen) atoms. The summed E-state index contributed by atoms with van der Waals surface area (Å²) in [4.78, 5) is 23.5. The molecule has 4 heterocycles. The molecule has 0 N–H and O–H groups in total. The van der Waals surface area contributed by atoms with Gasteiger partial charge in [-0.05, 0) is 29.9 Å². The second-order valence-corrected chi connectivity index (χ2v) is 7.55. The van der Waals surface area contributed by atoms with Gasteiger partial charge in [0.2, 0.25) is 11.8 Å². The van der Waals surface area contributed by atoms with Crippen molar-refractivity contribution in [3.8, 4) is 17.1 Å². The number of hydrogen-bond donors (Lipinski definition) is 0. The van der Waals surface area contributed by atoms with Gasteiger partial charge in [0, 0.05) is 43.2 Å². The molecule has 3 aromatic rings. The Kier molecular flexibility index (Phi) is 4.54. The Morgan fingerprint density at radius 2 is 1.83 bits per heavy atom. The first kappa shape index (κ1) is 17.9. The first-order chi connectivity index (χ1) is 14.2. The zero-order valence-electron chi connectivity index (χ0n) is 16.1. The predicted octanol–water partition coefficient (Wildman–Crippen LogP) is 2.79. The topological polar surface area (TPSA) is 76.9 Å². The third kappa shape index (κ3) is 3.50. The number of anilines is 1. The molecule has 1 saturated heterocycles. The van der Waals surface area contributed by atoms with Gasteiger partial charge in [-0.1, -0.05) is 6.92 Å². The minimum atomic E-state index is -0.417. The summed E-state index contributed by atoms with van der Waals surface area (Å²) >= 11 is 0. The van der Waals surface area contributed by atoms with Crippen molar-refractivity contribution in [2.45, 2.75) is 13.3 Å². The van der Waals surface area contributed by atoms with Crippen molar-refractivity contribution in [3.63, 3.8) is 0 Å². The maximum absolute atomic E-state index is 13.8. The van der Waals surface area contributed by atoms with Crippen LogP contribution in [0.15, 0.2) is 43.2 Å². The molecule has 0 radical (unpaired) electrons. The summed E-state index contributed by atoms with van der Waals surface area (Å²) in [5, 5.41) is 0. The molecule has 0 bridgehead atoms. The van der Waals surface area contributed by atoms with Crippen molar-refractivity contribution < 1.29 is 9.13 Å². The molecule has 1 aliphatic carbocycles. The van der Waals surface area contributed by atoms with E-state index >= 15 is 0 Å². The summed E-state index contributed by atoms with van der Waals surface area (Å²) in [6.07, 6.45) is 10.5. The molecule has 7 nitrogen and oxygen atoms in total. The van der Waals surface area contributed by atoms with E-state index < -0.39 is 5.82 Å². The number of rotatable bonds is 6. The fraction of sp³-hybridized carbons (Fsp3) is 0.381. The van der Waals surface area contributed by atoms with Crippen LogP contribution in [0.5, 0.6) is 5.88 Å². The second-order valence-electron chi connectivity index (χ2n) is 7.55. The van der Waals surface area contributed by atoms with E-state index in [-0.39, 0.29) is 0 Å². The molecule has 0 spiro atoms. The highest BCUT2D eigenvalue weighted by Gasteiger charge is 2.56. The van der Waals surface area contributed by atoms with E-state index in [1.54, 1.807) is 12.3 Å². The van der Waals surface area contributed by atoms with Crippen LogP contribution < -0.4 is 9.64 Å². The lowest BCUT2D eigenvalue weighted by atomic mass is 10.2. The molecule has 1 saturated carbocycles. The van der Waals surface area contributed by atoms with E-state index in [1.165, 1.54) is 18.6 Å². The molecule has 2 aliphatic rings. The molecule has 3 aromatic heterocycles. The van der Waals surface area contributed by atoms with Gasteiger partial charge in [0.25, 0.3) is 0 Å². The SMILES string of the molecule is CCc1cnc(N2CC3C(COc4cnc(-c5ccncc5F)cn4)[C@@H]3C2)nc1. The zero-order chi connectivity index (χ0) is 19.8. The molecule has 0 aromatic carbocycles. The first-order valence-electron chi connectivity index (χ1n) is 9.83. The fourth-order valence-corrected chi connectivity index (χ4v) is 4.05. The predicted molar refractivity (Wildman–Crippen MR) is 105 cm³/mol. The first-order valence-corrected chi connectivity index (χ1v) is 9.83. The molecular weight excluding hydrogens is 371 g/mol. The minimum absolute atomic E-state index is 0.380. The van der Waals surface area contributed by atoms with Gasteiger partial charge in [0.05, 0.1) is 30.9 Å². The van der Waals surface area contributed by atoms with Crippen LogP contribution in [-0.2, 0) is 6.42 Å². The Labute approximate surface area is 168 Å². The molecule has 0 amide bonds. The number of aryl methyl sites for hydroxylation is 1. The molecule has 2 fully saturated rings. The number of hydrogen-bond acceptors (Lipinski definition) is 7. The van der Waals surface area contributed by atoms with Crippen LogP contribution in [0, 0.1) is 23.6 Å². The van der Waals surface area contributed by atoms with Gasteiger partial charge < -0.3 is 9.64 Å². The standard InChI is InChI=1S/C21H21FN6O/c1-2-13-5-26-21(27-6-13)28-10-15-16(11-28)17(15)12-29-20-9-24-19(8-25-20)14-3-4-23-7-18(14)22/h3-9,15-17H,2,10-12H2,1H3/t15-,16?,17?/m1/s1. The highest BCUT2D eigenvalue weighted by atomic mass is 19.1. The van der Waals surface area contributed by atoms with Gasteiger partial charge >= 0.3 is 0 Å². The van der Waals surface area contributed by atoms with Crippen LogP contribution in [0.4, 0.5) is 10.3 Å². The normalized spacial score (nSPS) is 22.4. The van der Waals surface area contributed by atoms with E-state index in [9.17, 15) is 4.39 Å². The number of fused-ring (bicyclic) bond motifs is 1. The van der Waals surface area contributed by atoms with E-state index in [1.807, 2.05) is 12.4 Å². The maximum atomic E-state index is 13.8. The third-order valence-electron chi connectivity index (χ3n) is 5.85. The minimum Gasteiger partial charge on any atom is -0.476 e. The van der Waals surface area contributed by atoms with Crippen LogP contribution in [0.3, 0.4) is 0 Å². The van der Waals surface area contributed by atoms with Crippen LogP contribution in [-0.4, -0.2) is 44.6 Å². The number of aromatic nitrogens is 5. The summed E-state index contributed by atoms with van der Waals surface area (Å²) in [5.41, 5.74) is 2.00. The molecule has 3 atom stereocenters. The lowest BCUT2D eigenvalue weighted by Gasteiger charge is -2.19. The Morgan fingerprint density at radius 1 is 1.03 bits per heavy atom. The number of nitrogens with zero attached hydrogens (tertiary/aromatic N) is 6. The number of pyridine rings is 1.